The maximum Gasteiger partial charge on any atom is 0.336 e. The van der Waals surface area contributed by atoms with E-state index in [0.29, 0.717) is 41.6 Å². The highest BCUT2D eigenvalue weighted by Gasteiger charge is 2.31. The quantitative estimate of drug-likeness (QED) is 0.553. The van der Waals surface area contributed by atoms with Gasteiger partial charge >= 0.3 is 11.6 Å². The molecule has 33 heavy (non-hydrogen) atoms. The Bertz CT molecular complexity index is 1290. The summed E-state index contributed by atoms with van der Waals surface area (Å²) in [4.78, 5) is 37.7. The molecule has 172 valence electrons. The van der Waals surface area contributed by atoms with Crippen LogP contribution in [0.25, 0.3) is 22.1 Å². The van der Waals surface area contributed by atoms with Gasteiger partial charge in [0.25, 0.3) is 5.91 Å². The number of piperidine rings is 1. The number of hydrogen-bond donors (Lipinski definition) is 1. The molecule has 0 saturated carbocycles. The molecule has 0 radical (unpaired) electrons. The van der Waals surface area contributed by atoms with Gasteiger partial charge in [0.2, 0.25) is 0 Å². The lowest BCUT2D eigenvalue weighted by atomic mass is 9.98. The van der Waals surface area contributed by atoms with Crippen LogP contribution in [0.1, 0.15) is 19.8 Å². The molecule has 2 heterocycles. The number of ether oxygens (including phenoxy) is 1. The summed E-state index contributed by atoms with van der Waals surface area (Å²) >= 11 is 6.18. The summed E-state index contributed by atoms with van der Waals surface area (Å²) in [6.45, 7) is 2.21. The van der Waals surface area contributed by atoms with Crippen LogP contribution < -0.4 is 10.4 Å². The number of likely N-dealkylation sites (tertiary alicyclic amines) is 1. The summed E-state index contributed by atoms with van der Waals surface area (Å²) in [7, 11) is 0. The third-order valence-electron chi connectivity index (χ3n) is 5.68. The maximum atomic E-state index is 13.5. The number of rotatable bonds is 5. The number of carbonyl (C=O) groups is 2. The van der Waals surface area contributed by atoms with Gasteiger partial charge in [0.05, 0.1) is 10.9 Å². The Labute approximate surface area is 193 Å². The second kappa shape index (κ2) is 9.23. The average molecular weight is 474 g/mol. The van der Waals surface area contributed by atoms with Gasteiger partial charge in [0, 0.05) is 41.7 Å². The normalized spacial score (nSPS) is 17.1. The molecule has 1 amide bonds. The van der Waals surface area contributed by atoms with Gasteiger partial charge in [0.15, 0.2) is 6.10 Å². The van der Waals surface area contributed by atoms with E-state index in [1.54, 1.807) is 19.1 Å². The molecule has 1 fully saturated rings. The molecule has 1 aliphatic heterocycles. The number of aliphatic carboxylic acids is 1. The number of hydrogen-bond acceptors (Lipinski definition) is 5. The standard InChI is InChI=1S/C24H21ClFNO6/c1-13(23(29)27-8-2-3-14(12-27)24(30)31)32-16-5-7-18-19(11-22(28)33-21(18)10-16)17-6-4-15(26)9-20(17)25/h4-7,9-11,13-14H,2-3,8,12H2,1H3,(H,30,31)/t13-,14+/m1/s1. The first-order valence-corrected chi connectivity index (χ1v) is 10.8. The van der Waals surface area contributed by atoms with Crippen LogP contribution in [0.4, 0.5) is 4.39 Å². The fraction of sp³-hybridized carbons (Fsp3) is 0.292. The van der Waals surface area contributed by atoms with Gasteiger partial charge in [-0.3, -0.25) is 9.59 Å². The van der Waals surface area contributed by atoms with Crippen LogP contribution in [-0.2, 0) is 9.59 Å². The number of carboxylic acid groups (broad SMARTS) is 1. The largest absolute Gasteiger partial charge is 0.481 e. The minimum absolute atomic E-state index is 0.149. The van der Waals surface area contributed by atoms with Gasteiger partial charge in [-0.2, -0.15) is 0 Å². The molecule has 1 aliphatic rings. The van der Waals surface area contributed by atoms with Gasteiger partial charge in [-0.05, 0) is 50.1 Å². The highest BCUT2D eigenvalue weighted by Crippen LogP contribution is 2.34. The molecule has 4 rings (SSSR count). The van der Waals surface area contributed by atoms with Crippen molar-refractivity contribution in [1.82, 2.24) is 4.90 Å². The highest BCUT2D eigenvalue weighted by atomic mass is 35.5. The van der Waals surface area contributed by atoms with E-state index in [4.69, 9.17) is 20.8 Å². The summed E-state index contributed by atoms with van der Waals surface area (Å²) in [6, 6.07) is 9.98. The van der Waals surface area contributed by atoms with Gasteiger partial charge in [-0.1, -0.05) is 11.6 Å². The molecular formula is C24H21ClFNO6. The molecule has 0 aliphatic carbocycles. The number of carboxylic acids is 1. The molecular weight excluding hydrogens is 453 g/mol. The summed E-state index contributed by atoms with van der Waals surface area (Å²) in [5, 5.41) is 9.96. The first-order chi connectivity index (χ1) is 15.7. The Morgan fingerprint density at radius 3 is 2.73 bits per heavy atom. The lowest BCUT2D eigenvalue weighted by molar-refractivity contribution is -0.147. The lowest BCUT2D eigenvalue weighted by Crippen LogP contribution is -2.47. The Hall–Kier alpha value is -3.39. The van der Waals surface area contributed by atoms with Crippen LogP contribution in [0.15, 0.2) is 51.7 Å². The van der Waals surface area contributed by atoms with Crippen molar-refractivity contribution in [1.29, 1.82) is 0 Å². The van der Waals surface area contributed by atoms with Gasteiger partial charge < -0.3 is 19.2 Å². The number of carbonyl (C=O) groups excluding carboxylic acids is 1. The average Bonchev–Trinajstić information content (AvgIpc) is 2.78. The Morgan fingerprint density at radius 1 is 1.21 bits per heavy atom. The second-order valence-corrected chi connectivity index (χ2v) is 8.39. The zero-order valence-corrected chi connectivity index (χ0v) is 18.5. The first kappa shape index (κ1) is 22.8. The van der Waals surface area contributed by atoms with E-state index in [-0.39, 0.29) is 23.1 Å². The predicted octanol–water partition coefficient (Wildman–Crippen LogP) is 4.34. The zero-order valence-electron chi connectivity index (χ0n) is 17.7. The number of nitrogens with zero attached hydrogens (tertiary/aromatic N) is 1. The van der Waals surface area contributed by atoms with Crippen LogP contribution >= 0.6 is 11.6 Å². The minimum atomic E-state index is -0.914. The van der Waals surface area contributed by atoms with Crippen molar-refractivity contribution in [3.05, 3.63) is 63.7 Å². The predicted molar refractivity (Wildman–Crippen MR) is 120 cm³/mol. The van der Waals surface area contributed by atoms with Crippen molar-refractivity contribution in [2.24, 2.45) is 5.92 Å². The fourth-order valence-corrected chi connectivity index (χ4v) is 4.31. The summed E-state index contributed by atoms with van der Waals surface area (Å²) < 4.78 is 24.5. The molecule has 0 unspecified atom stereocenters. The highest BCUT2D eigenvalue weighted by molar-refractivity contribution is 6.33. The van der Waals surface area contributed by atoms with E-state index < -0.39 is 29.4 Å². The smallest absolute Gasteiger partial charge is 0.336 e. The molecule has 1 aromatic heterocycles. The third kappa shape index (κ3) is 4.85. The van der Waals surface area contributed by atoms with E-state index in [9.17, 15) is 23.9 Å². The molecule has 1 saturated heterocycles. The fourth-order valence-electron chi connectivity index (χ4n) is 4.04. The topological polar surface area (TPSA) is 97.0 Å². The van der Waals surface area contributed by atoms with Crippen molar-refractivity contribution < 1.29 is 28.2 Å². The molecule has 7 nitrogen and oxygen atoms in total. The van der Waals surface area contributed by atoms with Crippen LogP contribution in [-0.4, -0.2) is 41.1 Å². The van der Waals surface area contributed by atoms with E-state index in [1.807, 2.05) is 0 Å². The number of halogens is 2. The van der Waals surface area contributed by atoms with Crippen LogP contribution in [0.5, 0.6) is 5.75 Å². The van der Waals surface area contributed by atoms with Crippen molar-refractivity contribution >= 4 is 34.4 Å². The third-order valence-corrected chi connectivity index (χ3v) is 5.99. The first-order valence-electron chi connectivity index (χ1n) is 10.4. The van der Waals surface area contributed by atoms with Crippen molar-refractivity contribution in [3.63, 3.8) is 0 Å². The lowest BCUT2D eigenvalue weighted by Gasteiger charge is -2.32. The molecule has 2 atom stereocenters. The van der Waals surface area contributed by atoms with E-state index >= 15 is 0 Å². The van der Waals surface area contributed by atoms with Crippen LogP contribution in [0.2, 0.25) is 5.02 Å². The minimum Gasteiger partial charge on any atom is -0.481 e. The SMILES string of the molecule is C[C@@H](Oc1ccc2c(-c3ccc(F)cc3Cl)cc(=O)oc2c1)C(=O)N1CCC[C@H](C(=O)O)C1. The summed E-state index contributed by atoms with van der Waals surface area (Å²) in [6.07, 6.45) is 0.292. The molecule has 3 aromatic rings. The number of amides is 1. The van der Waals surface area contributed by atoms with Gasteiger partial charge in [0.1, 0.15) is 17.1 Å². The van der Waals surface area contributed by atoms with E-state index in [0.717, 1.165) is 6.07 Å². The van der Waals surface area contributed by atoms with Gasteiger partial charge in [-0.25, -0.2) is 9.18 Å². The molecule has 2 aromatic carbocycles. The second-order valence-electron chi connectivity index (χ2n) is 7.98. The van der Waals surface area contributed by atoms with Crippen LogP contribution in [0, 0.1) is 11.7 Å². The summed E-state index contributed by atoms with van der Waals surface area (Å²) in [5.41, 5.74) is 0.562. The van der Waals surface area contributed by atoms with Crippen molar-refractivity contribution in [2.45, 2.75) is 25.9 Å². The Morgan fingerprint density at radius 2 is 2.00 bits per heavy atom. The molecule has 1 N–H and O–H groups in total. The zero-order chi connectivity index (χ0) is 23.7. The van der Waals surface area contributed by atoms with E-state index in [1.165, 1.54) is 29.2 Å². The monoisotopic (exact) mass is 473 g/mol. The van der Waals surface area contributed by atoms with Crippen molar-refractivity contribution in [2.75, 3.05) is 13.1 Å². The number of fused-ring (bicyclic) bond motifs is 1. The van der Waals surface area contributed by atoms with E-state index in [2.05, 4.69) is 0 Å². The van der Waals surface area contributed by atoms with Crippen molar-refractivity contribution in [3.8, 4) is 16.9 Å². The summed E-state index contributed by atoms with van der Waals surface area (Å²) in [5.74, 6) is -1.99. The maximum absolute atomic E-state index is 13.5. The molecule has 0 spiro atoms. The number of benzene rings is 2. The van der Waals surface area contributed by atoms with Crippen LogP contribution in [0.3, 0.4) is 0 Å². The Balaban J connectivity index is 1.59. The van der Waals surface area contributed by atoms with Gasteiger partial charge in [-0.15, -0.1) is 0 Å². The molecule has 0 bridgehead atoms. The molecule has 9 heteroatoms. The Kier molecular flexibility index (Phi) is 6.37.